The highest BCUT2D eigenvalue weighted by Gasteiger charge is 2.11. The number of hydrogen-bond acceptors (Lipinski definition) is 3. The molecule has 0 spiro atoms. The molecule has 0 aliphatic carbocycles. The zero-order valence-corrected chi connectivity index (χ0v) is 12.2. The van der Waals surface area contributed by atoms with Gasteiger partial charge in [0.1, 0.15) is 0 Å². The lowest BCUT2D eigenvalue weighted by molar-refractivity contribution is 0.0827. The summed E-state index contributed by atoms with van der Waals surface area (Å²) in [5.41, 5.74) is 7.81. The molecule has 1 heterocycles. The van der Waals surface area contributed by atoms with Crippen molar-refractivity contribution in [2.24, 2.45) is 0 Å². The second-order valence-corrected chi connectivity index (χ2v) is 5.32. The third-order valence-corrected chi connectivity index (χ3v) is 3.04. The molecule has 6 heteroatoms. The zero-order valence-electron chi connectivity index (χ0n) is 10.1. The van der Waals surface area contributed by atoms with Gasteiger partial charge in [0.25, 0.3) is 5.91 Å². The SMILES string of the molecule is CN(C)C(=O)c1ccc(N)c(-n2cc(I)cn2)c1. The third kappa shape index (κ3) is 2.47. The molecule has 0 fully saturated rings. The maximum Gasteiger partial charge on any atom is 0.253 e. The van der Waals surface area contributed by atoms with Crippen molar-refractivity contribution >= 4 is 34.2 Å². The number of anilines is 1. The Balaban J connectivity index is 2.48. The van der Waals surface area contributed by atoms with Crippen molar-refractivity contribution in [3.63, 3.8) is 0 Å². The number of nitrogens with zero attached hydrogens (tertiary/aromatic N) is 3. The first-order valence-electron chi connectivity index (χ1n) is 5.31. The van der Waals surface area contributed by atoms with Crippen molar-refractivity contribution in [1.82, 2.24) is 14.7 Å². The van der Waals surface area contributed by atoms with Gasteiger partial charge >= 0.3 is 0 Å². The van der Waals surface area contributed by atoms with Crippen LogP contribution in [0.2, 0.25) is 0 Å². The lowest BCUT2D eigenvalue weighted by Crippen LogP contribution is -2.22. The molecule has 1 aromatic carbocycles. The van der Waals surface area contributed by atoms with Crippen LogP contribution in [0.3, 0.4) is 0 Å². The number of rotatable bonds is 2. The number of nitrogen functional groups attached to an aromatic ring is 1. The van der Waals surface area contributed by atoms with Crippen LogP contribution in [0, 0.1) is 3.57 Å². The normalized spacial score (nSPS) is 10.4. The Morgan fingerprint density at radius 1 is 1.44 bits per heavy atom. The third-order valence-electron chi connectivity index (χ3n) is 2.48. The molecule has 94 valence electrons. The fourth-order valence-corrected chi connectivity index (χ4v) is 1.95. The molecule has 2 rings (SSSR count). The van der Waals surface area contributed by atoms with Gasteiger partial charge in [0.05, 0.1) is 21.1 Å². The fourth-order valence-electron chi connectivity index (χ4n) is 1.57. The van der Waals surface area contributed by atoms with Gasteiger partial charge in [-0.15, -0.1) is 0 Å². The minimum atomic E-state index is -0.0573. The Morgan fingerprint density at radius 2 is 2.17 bits per heavy atom. The van der Waals surface area contributed by atoms with E-state index < -0.39 is 0 Å². The Labute approximate surface area is 119 Å². The van der Waals surface area contributed by atoms with Crippen molar-refractivity contribution in [1.29, 1.82) is 0 Å². The molecule has 1 amide bonds. The molecule has 0 radical (unpaired) electrons. The number of nitrogens with two attached hydrogens (primary N) is 1. The highest BCUT2D eigenvalue weighted by molar-refractivity contribution is 14.1. The molecule has 5 nitrogen and oxygen atoms in total. The summed E-state index contributed by atoms with van der Waals surface area (Å²) in [6.07, 6.45) is 3.59. The molecule has 0 unspecified atom stereocenters. The Bertz CT molecular complexity index is 592. The second kappa shape index (κ2) is 4.97. The van der Waals surface area contributed by atoms with Gasteiger partial charge in [0.15, 0.2) is 0 Å². The highest BCUT2D eigenvalue weighted by Crippen LogP contribution is 2.20. The molecule has 0 bridgehead atoms. The van der Waals surface area contributed by atoms with Crippen LogP contribution in [-0.4, -0.2) is 34.7 Å². The fraction of sp³-hybridized carbons (Fsp3) is 0.167. The van der Waals surface area contributed by atoms with Gasteiger partial charge in [0.2, 0.25) is 0 Å². The molecular formula is C12H13IN4O. The van der Waals surface area contributed by atoms with Crippen LogP contribution < -0.4 is 5.73 Å². The van der Waals surface area contributed by atoms with E-state index >= 15 is 0 Å². The first kappa shape index (κ1) is 12.9. The highest BCUT2D eigenvalue weighted by atomic mass is 127. The van der Waals surface area contributed by atoms with Crippen molar-refractivity contribution < 1.29 is 4.79 Å². The van der Waals surface area contributed by atoms with E-state index in [1.807, 2.05) is 6.20 Å². The van der Waals surface area contributed by atoms with Gasteiger partial charge in [0, 0.05) is 25.9 Å². The van der Waals surface area contributed by atoms with Crippen LogP contribution in [0.4, 0.5) is 5.69 Å². The van der Waals surface area contributed by atoms with E-state index in [0.717, 1.165) is 3.57 Å². The lowest BCUT2D eigenvalue weighted by Gasteiger charge is -2.12. The van der Waals surface area contributed by atoms with Gasteiger partial charge in [-0.05, 0) is 40.8 Å². The molecular weight excluding hydrogens is 343 g/mol. The molecule has 1 aromatic heterocycles. The number of benzene rings is 1. The molecule has 0 aliphatic rings. The first-order chi connectivity index (χ1) is 8.49. The van der Waals surface area contributed by atoms with Crippen LogP contribution in [0.15, 0.2) is 30.6 Å². The largest absolute Gasteiger partial charge is 0.397 e. The van der Waals surface area contributed by atoms with Gasteiger partial charge in [-0.3, -0.25) is 4.79 Å². The summed E-state index contributed by atoms with van der Waals surface area (Å²) in [6, 6.07) is 5.19. The minimum absolute atomic E-state index is 0.0573. The minimum Gasteiger partial charge on any atom is -0.397 e. The van der Waals surface area contributed by atoms with E-state index in [9.17, 15) is 4.79 Å². The summed E-state index contributed by atoms with van der Waals surface area (Å²) in [6.45, 7) is 0. The molecule has 2 aromatic rings. The Morgan fingerprint density at radius 3 is 2.72 bits per heavy atom. The molecule has 0 saturated carbocycles. The van der Waals surface area contributed by atoms with Crippen LogP contribution in [0.25, 0.3) is 5.69 Å². The average Bonchev–Trinajstić information content (AvgIpc) is 2.75. The van der Waals surface area contributed by atoms with Crippen molar-refractivity contribution in [2.45, 2.75) is 0 Å². The monoisotopic (exact) mass is 356 g/mol. The number of aromatic nitrogens is 2. The standard InChI is InChI=1S/C12H13IN4O/c1-16(2)12(18)8-3-4-10(14)11(5-8)17-7-9(13)6-15-17/h3-7H,14H2,1-2H3. The zero-order chi connectivity index (χ0) is 13.3. The number of amides is 1. The van der Waals surface area contributed by atoms with E-state index in [1.165, 1.54) is 4.90 Å². The van der Waals surface area contributed by atoms with Crippen molar-refractivity contribution in [2.75, 3.05) is 19.8 Å². The smallest absolute Gasteiger partial charge is 0.253 e. The topological polar surface area (TPSA) is 64.2 Å². The quantitative estimate of drug-likeness (QED) is 0.659. The Kier molecular flexibility index (Phi) is 3.55. The maximum atomic E-state index is 11.9. The van der Waals surface area contributed by atoms with Crippen LogP contribution in [0.5, 0.6) is 0 Å². The number of carbonyl (C=O) groups excluding carboxylic acids is 1. The van der Waals surface area contributed by atoms with Crippen molar-refractivity contribution in [3.05, 3.63) is 39.7 Å². The Hall–Kier alpha value is -1.57. The van der Waals surface area contributed by atoms with E-state index in [2.05, 4.69) is 27.7 Å². The van der Waals surface area contributed by atoms with E-state index in [-0.39, 0.29) is 5.91 Å². The second-order valence-electron chi connectivity index (χ2n) is 4.08. The molecule has 0 atom stereocenters. The maximum absolute atomic E-state index is 11.9. The molecule has 2 N–H and O–H groups in total. The number of carbonyl (C=O) groups is 1. The lowest BCUT2D eigenvalue weighted by atomic mass is 10.1. The van der Waals surface area contributed by atoms with Gasteiger partial charge in [-0.1, -0.05) is 0 Å². The predicted molar refractivity (Wildman–Crippen MR) is 78.7 cm³/mol. The molecule has 18 heavy (non-hydrogen) atoms. The van der Waals surface area contributed by atoms with E-state index in [4.69, 9.17) is 5.73 Å². The van der Waals surface area contributed by atoms with Crippen LogP contribution in [-0.2, 0) is 0 Å². The first-order valence-corrected chi connectivity index (χ1v) is 6.38. The summed E-state index contributed by atoms with van der Waals surface area (Å²) in [5.74, 6) is -0.0573. The van der Waals surface area contributed by atoms with Gasteiger partial charge in [-0.25, -0.2) is 4.68 Å². The van der Waals surface area contributed by atoms with Gasteiger partial charge < -0.3 is 10.6 Å². The van der Waals surface area contributed by atoms with Gasteiger partial charge in [-0.2, -0.15) is 5.10 Å². The summed E-state index contributed by atoms with van der Waals surface area (Å²) in [5, 5.41) is 4.20. The number of halogens is 1. The van der Waals surface area contributed by atoms with Crippen LogP contribution >= 0.6 is 22.6 Å². The number of hydrogen-bond donors (Lipinski definition) is 1. The average molecular weight is 356 g/mol. The summed E-state index contributed by atoms with van der Waals surface area (Å²) >= 11 is 2.17. The van der Waals surface area contributed by atoms with Crippen molar-refractivity contribution in [3.8, 4) is 5.69 Å². The van der Waals surface area contributed by atoms with E-state index in [0.29, 0.717) is 16.9 Å². The summed E-state index contributed by atoms with van der Waals surface area (Å²) in [7, 11) is 3.43. The van der Waals surface area contributed by atoms with Crippen LogP contribution in [0.1, 0.15) is 10.4 Å². The summed E-state index contributed by atoms with van der Waals surface area (Å²) < 4.78 is 2.68. The predicted octanol–water partition coefficient (Wildman–Crippen LogP) is 1.76. The summed E-state index contributed by atoms with van der Waals surface area (Å²) in [4.78, 5) is 13.4. The van der Waals surface area contributed by atoms with E-state index in [1.54, 1.807) is 43.2 Å². The molecule has 0 aliphatic heterocycles. The molecule has 0 saturated heterocycles.